The van der Waals surface area contributed by atoms with Crippen molar-refractivity contribution >= 4 is 40.9 Å². The number of rotatable bonds is 2. The van der Waals surface area contributed by atoms with E-state index in [0.29, 0.717) is 15.7 Å². The zero-order chi connectivity index (χ0) is 14.2. The molecule has 0 bridgehead atoms. The maximum absolute atomic E-state index is 11.9. The van der Waals surface area contributed by atoms with Gasteiger partial charge in [0.1, 0.15) is 0 Å². The van der Waals surface area contributed by atoms with E-state index in [1.807, 2.05) is 0 Å². The fraction of sp³-hybridized carbons (Fsp3) is 0.333. The number of urea groups is 1. The van der Waals surface area contributed by atoms with Crippen LogP contribution in [0.2, 0.25) is 10.0 Å². The fourth-order valence-electron chi connectivity index (χ4n) is 1.76. The summed E-state index contributed by atoms with van der Waals surface area (Å²) in [6.45, 7) is 2.20. The molecule has 1 aliphatic heterocycles. The summed E-state index contributed by atoms with van der Waals surface area (Å²) in [7, 11) is 0. The van der Waals surface area contributed by atoms with E-state index in [0.717, 1.165) is 5.56 Å². The van der Waals surface area contributed by atoms with Gasteiger partial charge in [0.05, 0.1) is 21.7 Å². The number of nitrogens with one attached hydrogen (secondary N) is 1. The van der Waals surface area contributed by atoms with Crippen molar-refractivity contribution in [1.29, 1.82) is 0 Å². The highest BCUT2D eigenvalue weighted by Gasteiger charge is 2.35. The van der Waals surface area contributed by atoms with Crippen LogP contribution in [-0.2, 0) is 4.79 Å². The average molecular weight is 303 g/mol. The number of halogens is 2. The maximum Gasteiger partial charge on any atom is 0.321 e. The van der Waals surface area contributed by atoms with Gasteiger partial charge in [0.15, 0.2) is 0 Å². The molecule has 0 aromatic heterocycles. The lowest BCUT2D eigenvalue weighted by Gasteiger charge is -2.36. The number of amides is 2. The van der Waals surface area contributed by atoms with Crippen molar-refractivity contribution in [3.63, 3.8) is 0 Å². The van der Waals surface area contributed by atoms with Crippen LogP contribution in [0.5, 0.6) is 0 Å². The molecule has 0 radical (unpaired) electrons. The van der Waals surface area contributed by atoms with E-state index in [2.05, 4.69) is 5.32 Å². The molecule has 19 heavy (non-hydrogen) atoms. The molecule has 1 aliphatic rings. The fourth-order valence-corrected chi connectivity index (χ4v) is 2.22. The van der Waals surface area contributed by atoms with Gasteiger partial charge in [-0.3, -0.25) is 4.79 Å². The molecule has 7 heteroatoms. The zero-order valence-corrected chi connectivity index (χ0v) is 11.6. The Hall–Kier alpha value is -1.46. The Labute approximate surface area is 120 Å². The van der Waals surface area contributed by atoms with Crippen LogP contribution >= 0.6 is 23.2 Å². The van der Waals surface area contributed by atoms with Gasteiger partial charge in [0.25, 0.3) is 0 Å². The largest absolute Gasteiger partial charge is 0.481 e. The summed E-state index contributed by atoms with van der Waals surface area (Å²) >= 11 is 12.1. The van der Waals surface area contributed by atoms with E-state index in [1.165, 1.54) is 4.90 Å². The van der Waals surface area contributed by atoms with Crippen molar-refractivity contribution in [2.45, 2.75) is 6.92 Å². The van der Waals surface area contributed by atoms with Crippen LogP contribution in [0.3, 0.4) is 0 Å². The Morgan fingerprint density at radius 1 is 1.37 bits per heavy atom. The predicted molar refractivity (Wildman–Crippen MR) is 72.9 cm³/mol. The predicted octanol–water partition coefficient (Wildman–Crippen LogP) is 2.85. The van der Waals surface area contributed by atoms with Crippen molar-refractivity contribution in [3.8, 4) is 0 Å². The van der Waals surface area contributed by atoms with Gasteiger partial charge in [0.2, 0.25) is 0 Å². The van der Waals surface area contributed by atoms with Crippen LogP contribution in [0.1, 0.15) is 5.56 Å². The highest BCUT2D eigenvalue weighted by Crippen LogP contribution is 2.33. The molecular formula is C12H12Cl2N2O3. The number of aryl methyl sites for hydroxylation is 1. The minimum Gasteiger partial charge on any atom is -0.481 e. The number of benzene rings is 1. The minimum absolute atomic E-state index is 0.197. The SMILES string of the molecule is Cc1ccc(Cl)c(NC(=O)N2CC(C(=O)O)C2)c1Cl. The third-order valence-electron chi connectivity index (χ3n) is 3.03. The van der Waals surface area contributed by atoms with Gasteiger partial charge >= 0.3 is 12.0 Å². The van der Waals surface area contributed by atoms with Crippen LogP contribution < -0.4 is 5.32 Å². The topological polar surface area (TPSA) is 69.6 Å². The Morgan fingerprint density at radius 2 is 2.00 bits per heavy atom. The van der Waals surface area contributed by atoms with Crippen molar-refractivity contribution < 1.29 is 14.7 Å². The Balaban J connectivity index is 2.05. The third kappa shape index (κ3) is 2.77. The van der Waals surface area contributed by atoms with Gasteiger partial charge < -0.3 is 15.3 Å². The molecule has 2 rings (SSSR count). The first-order valence-corrected chi connectivity index (χ1v) is 6.39. The normalized spacial score (nSPS) is 15.0. The number of carboxylic acids is 1. The van der Waals surface area contributed by atoms with Crippen LogP contribution in [0.4, 0.5) is 10.5 Å². The number of carbonyl (C=O) groups is 2. The third-order valence-corrected chi connectivity index (χ3v) is 3.84. The van der Waals surface area contributed by atoms with Gasteiger partial charge in [-0.25, -0.2) is 4.79 Å². The molecule has 1 fully saturated rings. The van der Waals surface area contributed by atoms with Crippen LogP contribution in [0.25, 0.3) is 0 Å². The molecule has 1 heterocycles. The summed E-state index contributed by atoms with van der Waals surface area (Å²) in [4.78, 5) is 23.9. The van der Waals surface area contributed by atoms with Gasteiger partial charge in [0, 0.05) is 13.1 Å². The van der Waals surface area contributed by atoms with Crippen molar-refractivity contribution in [2.75, 3.05) is 18.4 Å². The average Bonchev–Trinajstić information content (AvgIpc) is 2.27. The summed E-state index contributed by atoms with van der Waals surface area (Å²) in [6, 6.07) is 3.01. The van der Waals surface area contributed by atoms with E-state index in [1.54, 1.807) is 19.1 Å². The summed E-state index contributed by atoms with van der Waals surface area (Å²) in [5.41, 5.74) is 1.15. The lowest BCUT2D eigenvalue weighted by molar-refractivity contribution is -0.145. The number of likely N-dealkylation sites (tertiary alicyclic amines) is 1. The molecule has 1 aromatic carbocycles. The number of aliphatic carboxylic acids is 1. The standard InChI is InChI=1S/C12H12Cl2N2O3/c1-6-2-3-8(13)10(9(6)14)15-12(19)16-4-7(5-16)11(17)18/h2-3,7H,4-5H2,1H3,(H,15,19)(H,17,18). The number of hydrogen-bond acceptors (Lipinski definition) is 2. The monoisotopic (exact) mass is 302 g/mol. The first kappa shape index (κ1) is 14.0. The van der Waals surface area contributed by atoms with E-state index < -0.39 is 17.9 Å². The minimum atomic E-state index is -0.893. The summed E-state index contributed by atoms with van der Waals surface area (Å²) in [5.74, 6) is -1.38. The molecule has 1 aromatic rings. The second kappa shape index (κ2) is 5.27. The molecule has 0 saturated carbocycles. The van der Waals surface area contributed by atoms with Crippen LogP contribution in [0.15, 0.2) is 12.1 Å². The molecule has 0 spiro atoms. The van der Waals surface area contributed by atoms with Gasteiger partial charge in [-0.2, -0.15) is 0 Å². The molecular weight excluding hydrogens is 291 g/mol. The quantitative estimate of drug-likeness (QED) is 0.882. The molecule has 102 valence electrons. The highest BCUT2D eigenvalue weighted by molar-refractivity contribution is 6.40. The first-order valence-electron chi connectivity index (χ1n) is 5.63. The summed E-state index contributed by atoms with van der Waals surface area (Å²) in [5, 5.41) is 12.1. The zero-order valence-electron chi connectivity index (χ0n) is 10.1. The smallest absolute Gasteiger partial charge is 0.321 e. The molecule has 0 atom stereocenters. The van der Waals surface area contributed by atoms with E-state index in [4.69, 9.17) is 28.3 Å². The van der Waals surface area contributed by atoms with Gasteiger partial charge in [-0.15, -0.1) is 0 Å². The van der Waals surface area contributed by atoms with Crippen LogP contribution in [-0.4, -0.2) is 35.1 Å². The number of carboxylic acid groups (broad SMARTS) is 1. The number of anilines is 1. The molecule has 1 saturated heterocycles. The van der Waals surface area contributed by atoms with Crippen molar-refractivity contribution in [3.05, 3.63) is 27.7 Å². The Bertz CT molecular complexity index is 542. The Kier molecular flexibility index (Phi) is 3.87. The van der Waals surface area contributed by atoms with Gasteiger partial charge in [-0.05, 0) is 18.6 Å². The van der Waals surface area contributed by atoms with Crippen molar-refractivity contribution in [1.82, 2.24) is 4.90 Å². The van der Waals surface area contributed by atoms with E-state index in [9.17, 15) is 9.59 Å². The first-order chi connectivity index (χ1) is 8.90. The lowest BCUT2D eigenvalue weighted by atomic mass is 10.0. The van der Waals surface area contributed by atoms with E-state index >= 15 is 0 Å². The lowest BCUT2D eigenvalue weighted by Crippen LogP contribution is -2.54. The van der Waals surface area contributed by atoms with Crippen molar-refractivity contribution in [2.24, 2.45) is 5.92 Å². The molecule has 2 N–H and O–H groups in total. The van der Waals surface area contributed by atoms with Crippen LogP contribution in [0, 0.1) is 12.8 Å². The summed E-state index contributed by atoms with van der Waals surface area (Å²) < 4.78 is 0. The highest BCUT2D eigenvalue weighted by atomic mass is 35.5. The Morgan fingerprint density at radius 3 is 2.58 bits per heavy atom. The second-order valence-corrected chi connectivity index (χ2v) is 5.21. The molecule has 5 nitrogen and oxygen atoms in total. The second-order valence-electron chi connectivity index (χ2n) is 4.42. The van der Waals surface area contributed by atoms with E-state index in [-0.39, 0.29) is 13.1 Å². The van der Waals surface area contributed by atoms with Gasteiger partial charge in [-0.1, -0.05) is 29.3 Å². The molecule has 0 unspecified atom stereocenters. The molecule has 0 aliphatic carbocycles. The number of hydrogen-bond donors (Lipinski definition) is 2. The number of carbonyl (C=O) groups excluding carboxylic acids is 1. The molecule has 2 amide bonds. The maximum atomic E-state index is 11.9. The summed E-state index contributed by atoms with van der Waals surface area (Å²) in [6.07, 6.45) is 0. The number of nitrogens with zero attached hydrogens (tertiary/aromatic N) is 1.